The van der Waals surface area contributed by atoms with Crippen LogP contribution in [-0.2, 0) is 4.79 Å². The van der Waals surface area contributed by atoms with Gasteiger partial charge in [0.25, 0.3) is 11.8 Å². The van der Waals surface area contributed by atoms with Crippen molar-refractivity contribution >= 4 is 45.6 Å². The zero-order chi connectivity index (χ0) is 24.2. The van der Waals surface area contributed by atoms with E-state index in [1.807, 2.05) is 30.3 Å². The number of azo groups is 1. The van der Waals surface area contributed by atoms with E-state index in [1.165, 1.54) is 0 Å². The molecule has 34 heavy (non-hydrogen) atoms. The Balaban J connectivity index is 1.64. The van der Waals surface area contributed by atoms with Gasteiger partial charge in [-0.05, 0) is 62.7 Å². The van der Waals surface area contributed by atoms with Crippen molar-refractivity contribution in [3.8, 4) is 0 Å². The highest BCUT2D eigenvalue weighted by atomic mass is 16.4. The number of amides is 2. The van der Waals surface area contributed by atoms with Crippen LogP contribution >= 0.6 is 0 Å². The average Bonchev–Trinajstić information content (AvgIpc) is 2.84. The van der Waals surface area contributed by atoms with Crippen LogP contribution < -0.4 is 4.90 Å². The number of aliphatic carboxylic acids is 1. The van der Waals surface area contributed by atoms with Crippen LogP contribution in [-0.4, -0.2) is 47.4 Å². The minimum absolute atomic E-state index is 0.0603. The molecule has 0 radical (unpaired) electrons. The molecule has 2 amide bonds. The van der Waals surface area contributed by atoms with Crippen molar-refractivity contribution in [3.63, 3.8) is 0 Å². The third kappa shape index (κ3) is 4.39. The second-order valence-electron chi connectivity index (χ2n) is 8.01. The van der Waals surface area contributed by atoms with Crippen LogP contribution in [0.5, 0.6) is 0 Å². The summed E-state index contributed by atoms with van der Waals surface area (Å²) in [4.78, 5) is 40.2. The van der Waals surface area contributed by atoms with Gasteiger partial charge in [0.2, 0.25) is 0 Å². The maximum Gasteiger partial charge on any atom is 0.303 e. The van der Waals surface area contributed by atoms with E-state index in [0.29, 0.717) is 33.3 Å². The summed E-state index contributed by atoms with van der Waals surface area (Å²) in [6.45, 7) is 6.13. The third-order valence-corrected chi connectivity index (χ3v) is 5.99. The molecule has 0 aromatic heterocycles. The summed E-state index contributed by atoms with van der Waals surface area (Å²) in [7, 11) is 0. The van der Waals surface area contributed by atoms with Crippen LogP contribution in [0.2, 0.25) is 0 Å². The van der Waals surface area contributed by atoms with Gasteiger partial charge in [0.1, 0.15) is 0 Å². The van der Waals surface area contributed by atoms with E-state index in [9.17, 15) is 14.4 Å². The fourth-order valence-electron chi connectivity index (χ4n) is 4.24. The molecule has 1 aliphatic rings. The quantitative estimate of drug-likeness (QED) is 0.334. The highest BCUT2D eigenvalue weighted by Crippen LogP contribution is 2.36. The SMILES string of the molecule is CCN(CC)c1ccc(N=Nc2ccc3c4c(cccc24)C(=O)N(CCCC(=O)O)C3=O)cc1. The fourth-order valence-corrected chi connectivity index (χ4v) is 4.24. The molecule has 0 saturated heterocycles. The zero-order valence-electron chi connectivity index (χ0n) is 19.2. The van der Waals surface area contributed by atoms with Gasteiger partial charge in [-0.15, -0.1) is 5.11 Å². The predicted octanol–water partition coefficient (Wildman–Crippen LogP) is 5.56. The van der Waals surface area contributed by atoms with Crippen molar-refractivity contribution in [2.24, 2.45) is 10.2 Å². The molecule has 0 aliphatic carbocycles. The Kier molecular flexibility index (Phi) is 6.67. The molecule has 3 aromatic carbocycles. The smallest absolute Gasteiger partial charge is 0.303 e. The van der Waals surface area contributed by atoms with E-state index in [-0.39, 0.29) is 19.4 Å². The molecule has 0 fully saturated rings. The average molecular weight is 459 g/mol. The second-order valence-corrected chi connectivity index (χ2v) is 8.01. The topological polar surface area (TPSA) is 103 Å². The standard InChI is InChI=1S/C26H26N4O4/c1-3-29(4-2)18-12-10-17(11-13-18)27-28-22-15-14-21-24-19(22)7-5-8-20(24)25(33)30(26(21)34)16-6-9-23(31)32/h5,7-8,10-15H,3-4,6,9,16H2,1-2H3,(H,31,32). The predicted molar refractivity (Wildman–Crippen MR) is 130 cm³/mol. The fraction of sp³-hybridized carbons (Fsp3) is 0.269. The zero-order valence-corrected chi connectivity index (χ0v) is 19.2. The van der Waals surface area contributed by atoms with E-state index in [2.05, 4.69) is 29.0 Å². The molecule has 0 spiro atoms. The van der Waals surface area contributed by atoms with Gasteiger partial charge < -0.3 is 10.0 Å². The number of rotatable bonds is 9. The second kappa shape index (κ2) is 9.82. The molecule has 0 bridgehead atoms. The third-order valence-electron chi connectivity index (χ3n) is 5.99. The van der Waals surface area contributed by atoms with Crippen LogP contribution in [0.4, 0.5) is 17.1 Å². The molecule has 1 aliphatic heterocycles. The molecule has 4 rings (SSSR count). The molecule has 1 heterocycles. The highest BCUT2D eigenvalue weighted by molar-refractivity contribution is 6.26. The monoisotopic (exact) mass is 458 g/mol. The number of carboxylic acids is 1. The van der Waals surface area contributed by atoms with Gasteiger partial charge in [0, 0.05) is 53.6 Å². The number of nitrogens with zero attached hydrogens (tertiary/aromatic N) is 4. The first-order chi connectivity index (χ1) is 16.4. The number of hydrogen-bond acceptors (Lipinski definition) is 6. The van der Waals surface area contributed by atoms with E-state index in [0.717, 1.165) is 23.7 Å². The van der Waals surface area contributed by atoms with Gasteiger partial charge in [0.05, 0.1) is 11.4 Å². The molecule has 174 valence electrons. The first-order valence-electron chi connectivity index (χ1n) is 11.3. The van der Waals surface area contributed by atoms with Crippen LogP contribution in [0.1, 0.15) is 47.4 Å². The molecule has 0 unspecified atom stereocenters. The molecule has 0 atom stereocenters. The lowest BCUT2D eigenvalue weighted by Crippen LogP contribution is -2.41. The Morgan fingerprint density at radius 1 is 0.912 bits per heavy atom. The van der Waals surface area contributed by atoms with Gasteiger partial charge in [-0.25, -0.2) is 0 Å². The summed E-state index contributed by atoms with van der Waals surface area (Å²) in [6.07, 6.45) is 0.0980. The van der Waals surface area contributed by atoms with Crippen molar-refractivity contribution in [3.05, 3.63) is 65.7 Å². The largest absolute Gasteiger partial charge is 0.481 e. The lowest BCUT2D eigenvalue weighted by Gasteiger charge is -2.27. The van der Waals surface area contributed by atoms with Crippen molar-refractivity contribution < 1.29 is 19.5 Å². The number of hydrogen-bond donors (Lipinski definition) is 1. The number of carbonyl (C=O) groups excluding carboxylic acids is 2. The van der Waals surface area contributed by atoms with Gasteiger partial charge in [-0.1, -0.05) is 12.1 Å². The summed E-state index contributed by atoms with van der Waals surface area (Å²) < 4.78 is 0. The normalized spacial score (nSPS) is 13.2. The molecule has 8 heteroatoms. The van der Waals surface area contributed by atoms with Crippen LogP contribution in [0.25, 0.3) is 10.8 Å². The van der Waals surface area contributed by atoms with Crippen LogP contribution in [0.3, 0.4) is 0 Å². The Bertz CT molecular complexity index is 1260. The summed E-state index contributed by atoms with van der Waals surface area (Å²) in [5.41, 5.74) is 3.20. The minimum Gasteiger partial charge on any atom is -0.481 e. The number of anilines is 1. The van der Waals surface area contributed by atoms with E-state index >= 15 is 0 Å². The van der Waals surface area contributed by atoms with E-state index < -0.39 is 17.8 Å². The van der Waals surface area contributed by atoms with E-state index in [4.69, 9.17) is 5.11 Å². The Labute approximate surface area is 197 Å². The Hall–Kier alpha value is -4.07. The molecule has 3 aromatic rings. The molecular formula is C26H26N4O4. The van der Waals surface area contributed by atoms with Crippen molar-refractivity contribution in [2.45, 2.75) is 26.7 Å². The number of benzene rings is 3. The van der Waals surface area contributed by atoms with Gasteiger partial charge in [-0.3, -0.25) is 19.3 Å². The minimum atomic E-state index is -0.961. The maximum atomic E-state index is 13.0. The number of imide groups is 1. The van der Waals surface area contributed by atoms with Crippen molar-refractivity contribution in [2.75, 3.05) is 24.5 Å². The van der Waals surface area contributed by atoms with Gasteiger partial charge in [-0.2, -0.15) is 5.11 Å². The highest BCUT2D eigenvalue weighted by Gasteiger charge is 2.33. The van der Waals surface area contributed by atoms with Crippen molar-refractivity contribution in [1.82, 2.24) is 4.90 Å². The van der Waals surface area contributed by atoms with Gasteiger partial charge in [0.15, 0.2) is 0 Å². The van der Waals surface area contributed by atoms with Crippen LogP contribution in [0, 0.1) is 0 Å². The van der Waals surface area contributed by atoms with Gasteiger partial charge >= 0.3 is 5.97 Å². The Morgan fingerprint density at radius 3 is 2.24 bits per heavy atom. The molecular weight excluding hydrogens is 432 g/mol. The lowest BCUT2D eigenvalue weighted by molar-refractivity contribution is -0.137. The first-order valence-corrected chi connectivity index (χ1v) is 11.3. The maximum absolute atomic E-state index is 13.0. The van der Waals surface area contributed by atoms with Crippen molar-refractivity contribution in [1.29, 1.82) is 0 Å². The molecule has 0 saturated carbocycles. The summed E-state index contributed by atoms with van der Waals surface area (Å²) >= 11 is 0. The molecule has 8 nitrogen and oxygen atoms in total. The number of carboxylic acid groups (broad SMARTS) is 1. The molecule has 1 N–H and O–H groups in total. The number of carbonyl (C=O) groups is 3. The van der Waals surface area contributed by atoms with E-state index in [1.54, 1.807) is 24.3 Å². The summed E-state index contributed by atoms with van der Waals surface area (Å²) in [5.74, 6) is -1.80. The first kappa shape index (κ1) is 23.1. The summed E-state index contributed by atoms with van der Waals surface area (Å²) in [6, 6.07) is 16.5. The lowest BCUT2D eigenvalue weighted by atomic mass is 9.93. The van der Waals surface area contributed by atoms with Crippen LogP contribution in [0.15, 0.2) is 64.8 Å². The summed E-state index contributed by atoms with van der Waals surface area (Å²) in [5, 5.41) is 18.9. The Morgan fingerprint density at radius 2 is 1.59 bits per heavy atom.